The van der Waals surface area contributed by atoms with Crippen molar-refractivity contribution in [3.05, 3.63) is 0 Å². The van der Waals surface area contributed by atoms with E-state index in [0.29, 0.717) is 4.83 Å². The first-order valence-electron chi connectivity index (χ1n) is 2.15. The largest absolute Gasteiger partial charge is 0.377 e. The summed E-state index contributed by atoms with van der Waals surface area (Å²) in [5, 5.41) is 0.000000000000000222. The number of alkyl halides is 1. The van der Waals surface area contributed by atoms with Gasteiger partial charge in [-0.3, -0.25) is 0 Å². The predicted octanol–water partition coefficient (Wildman–Crippen LogP) is 0.978. The van der Waals surface area contributed by atoms with Gasteiger partial charge in [-0.25, -0.2) is 0 Å². The van der Waals surface area contributed by atoms with Crippen LogP contribution in [0.2, 0.25) is 0 Å². The van der Waals surface area contributed by atoms with Crippen molar-refractivity contribution in [2.45, 2.75) is 18.7 Å². The van der Waals surface area contributed by atoms with Crippen LogP contribution >= 0.6 is 28.1 Å². The molecule has 0 aromatic carbocycles. The van der Waals surface area contributed by atoms with Gasteiger partial charge in [-0.2, -0.15) is 0 Å². The summed E-state index contributed by atoms with van der Waals surface area (Å²) in [6.45, 7) is 4.17. The predicted molar refractivity (Wildman–Crippen MR) is 45.0 cm³/mol. The minimum Gasteiger partial charge on any atom is -0.377 e. The molecule has 0 aliphatic rings. The maximum Gasteiger partial charge on any atom is 0.160 e. The van der Waals surface area contributed by atoms with Crippen LogP contribution in [0, 0.1) is 0 Å². The lowest BCUT2D eigenvalue weighted by molar-refractivity contribution is 1.14. The van der Waals surface area contributed by atoms with Gasteiger partial charge in [-0.05, 0) is 12.2 Å². The van der Waals surface area contributed by atoms with Gasteiger partial charge >= 0.3 is 0 Å². The lowest BCUT2D eigenvalue weighted by Gasteiger charge is -1.76. The van der Waals surface area contributed by atoms with Crippen LogP contribution in [0.1, 0.15) is 13.8 Å². The molecule has 0 aromatic heterocycles. The zero-order valence-corrected chi connectivity index (χ0v) is 7.42. The Balaban J connectivity index is 0. The van der Waals surface area contributed by atoms with Crippen molar-refractivity contribution in [1.82, 2.24) is 0 Å². The molecule has 0 bridgehead atoms. The molecule has 0 saturated heterocycles. The maximum atomic E-state index is 4.62. The first-order valence-corrected chi connectivity index (χ1v) is 3.48. The van der Waals surface area contributed by atoms with E-state index in [4.69, 9.17) is 0 Å². The van der Waals surface area contributed by atoms with Crippen molar-refractivity contribution in [2.24, 2.45) is 11.5 Å². The normalized spacial score (nSPS) is 7.50. The van der Waals surface area contributed by atoms with Crippen molar-refractivity contribution >= 4 is 33.3 Å². The maximum absolute atomic E-state index is 4.62. The summed E-state index contributed by atoms with van der Waals surface area (Å²) in [7, 11) is 0. The van der Waals surface area contributed by atoms with E-state index in [1.807, 2.05) is 0 Å². The molecule has 2 nitrogen and oxygen atoms in total. The topological polar surface area (TPSA) is 52.0 Å². The summed E-state index contributed by atoms with van der Waals surface area (Å²) in [5.41, 5.74) is 9.24. The second-order valence-corrected chi connectivity index (χ2v) is 3.72. The highest BCUT2D eigenvalue weighted by molar-refractivity contribution is 9.09. The fraction of sp³-hybridized carbons (Fsp3) is 0.750. The molecule has 0 spiro atoms. The number of hydrogen-bond donors (Lipinski definition) is 2. The summed E-state index contributed by atoms with van der Waals surface area (Å²) >= 11 is 7.36. The lowest BCUT2D eigenvalue weighted by atomic mass is 10.6. The third-order valence-electron chi connectivity index (χ3n) is 0. The van der Waals surface area contributed by atoms with E-state index in [2.05, 4.69) is 53.5 Å². The monoisotopic (exact) mass is 198 g/mol. The van der Waals surface area contributed by atoms with E-state index < -0.39 is 0 Å². The van der Waals surface area contributed by atoms with E-state index in [1.165, 1.54) is 0 Å². The van der Waals surface area contributed by atoms with Gasteiger partial charge in [0.1, 0.15) is 0 Å². The molecule has 4 N–H and O–H groups in total. The zero-order chi connectivity index (χ0) is 7.15. The van der Waals surface area contributed by atoms with Crippen molar-refractivity contribution in [3.8, 4) is 0 Å². The van der Waals surface area contributed by atoms with Gasteiger partial charge in [0.15, 0.2) is 5.11 Å². The summed E-state index contributed by atoms with van der Waals surface area (Å²) in [5.74, 6) is 0. The summed E-state index contributed by atoms with van der Waals surface area (Å²) < 4.78 is 0. The highest BCUT2D eigenvalue weighted by Gasteiger charge is 1.71. The number of halogens is 1. The third kappa shape index (κ3) is 5710. The SMILES string of the molecule is CC(C)Br.NC(N)=S. The molecule has 0 fully saturated rings. The van der Waals surface area contributed by atoms with Crippen LogP contribution in [0.5, 0.6) is 0 Å². The Kier molecular flexibility index (Phi) is 9.89. The van der Waals surface area contributed by atoms with E-state index in [0.717, 1.165) is 0 Å². The van der Waals surface area contributed by atoms with Crippen molar-refractivity contribution in [1.29, 1.82) is 0 Å². The fourth-order valence-electron chi connectivity index (χ4n) is 0. The number of hydrogen-bond acceptors (Lipinski definition) is 1. The van der Waals surface area contributed by atoms with E-state index in [-0.39, 0.29) is 5.11 Å². The number of rotatable bonds is 0. The Morgan fingerprint density at radius 1 is 1.50 bits per heavy atom. The summed E-state index contributed by atoms with van der Waals surface area (Å²) in [6, 6.07) is 0. The van der Waals surface area contributed by atoms with Gasteiger partial charge in [0.05, 0.1) is 0 Å². The molecule has 0 aliphatic carbocycles. The lowest BCUT2D eigenvalue weighted by Crippen LogP contribution is -2.18. The van der Waals surface area contributed by atoms with Gasteiger partial charge in [-0.15, -0.1) is 0 Å². The van der Waals surface area contributed by atoms with Crippen LogP contribution in [0.25, 0.3) is 0 Å². The van der Waals surface area contributed by atoms with Gasteiger partial charge in [0.25, 0.3) is 0 Å². The number of thiocarbonyl (C=S) groups is 1. The van der Waals surface area contributed by atoms with Crippen molar-refractivity contribution in [3.63, 3.8) is 0 Å². The molecule has 0 rings (SSSR count). The molecular weight excluding hydrogens is 188 g/mol. The van der Waals surface area contributed by atoms with Gasteiger partial charge in [0, 0.05) is 4.83 Å². The summed E-state index contributed by atoms with van der Waals surface area (Å²) in [4.78, 5) is 0.646. The van der Waals surface area contributed by atoms with E-state index in [1.54, 1.807) is 0 Å². The van der Waals surface area contributed by atoms with Gasteiger partial charge < -0.3 is 11.5 Å². The highest BCUT2D eigenvalue weighted by Crippen LogP contribution is 1.89. The molecule has 0 unspecified atom stereocenters. The van der Waals surface area contributed by atoms with Crippen LogP contribution in [0.4, 0.5) is 0 Å². The third-order valence-corrected chi connectivity index (χ3v) is 0. The number of nitrogens with two attached hydrogens (primary N) is 2. The smallest absolute Gasteiger partial charge is 0.160 e. The Labute approximate surface area is 63.7 Å². The molecule has 0 amide bonds. The molecule has 50 valence electrons. The van der Waals surface area contributed by atoms with Gasteiger partial charge in [0.2, 0.25) is 0 Å². The molecule has 8 heavy (non-hydrogen) atoms. The minimum absolute atomic E-state index is 0.000000000000000222. The Morgan fingerprint density at radius 2 is 1.50 bits per heavy atom. The average molecular weight is 199 g/mol. The average Bonchev–Trinajstić information content (AvgIpc) is 1.25. The van der Waals surface area contributed by atoms with Gasteiger partial charge in [-0.1, -0.05) is 29.8 Å². The fourth-order valence-corrected chi connectivity index (χ4v) is 0. The van der Waals surface area contributed by atoms with Crippen LogP contribution in [0.15, 0.2) is 0 Å². The van der Waals surface area contributed by atoms with Crippen LogP contribution in [-0.4, -0.2) is 9.94 Å². The zero-order valence-electron chi connectivity index (χ0n) is 5.02. The quantitative estimate of drug-likeness (QED) is 0.451. The van der Waals surface area contributed by atoms with Crippen LogP contribution < -0.4 is 11.5 Å². The standard InChI is InChI=1S/C3H7Br.CH4N2S/c1-3(2)4;2-1(3)4/h3H,1-2H3;(H4,2,3,4). The van der Waals surface area contributed by atoms with E-state index in [9.17, 15) is 0 Å². The highest BCUT2D eigenvalue weighted by atomic mass is 79.9. The molecule has 0 radical (unpaired) electrons. The molecule has 0 saturated carbocycles. The second-order valence-electron chi connectivity index (χ2n) is 1.42. The molecule has 4 heteroatoms. The second kappa shape index (κ2) is 7.17. The minimum atomic E-state index is 0.000000000000000222. The first-order chi connectivity index (χ1) is 3.46. The molecular formula is C4H11BrN2S. The first kappa shape index (κ1) is 11.0. The van der Waals surface area contributed by atoms with E-state index >= 15 is 0 Å². The molecule has 0 atom stereocenters. The Hall–Kier alpha value is 0.170. The molecule has 0 aromatic rings. The Morgan fingerprint density at radius 3 is 1.50 bits per heavy atom. The Bertz CT molecular complexity index is 58.3. The van der Waals surface area contributed by atoms with Crippen LogP contribution in [0.3, 0.4) is 0 Å². The molecule has 0 aliphatic heterocycles. The molecule has 0 heterocycles. The van der Waals surface area contributed by atoms with Crippen LogP contribution in [-0.2, 0) is 0 Å². The van der Waals surface area contributed by atoms with Crippen molar-refractivity contribution < 1.29 is 0 Å². The van der Waals surface area contributed by atoms with Crippen molar-refractivity contribution in [2.75, 3.05) is 0 Å². The summed E-state index contributed by atoms with van der Waals surface area (Å²) in [6.07, 6.45) is 0.